The third kappa shape index (κ3) is 2.73. The largest absolute Gasteiger partial charge is 0.481 e. The van der Waals surface area contributed by atoms with Crippen molar-refractivity contribution in [2.45, 2.75) is 13.3 Å². The van der Waals surface area contributed by atoms with Crippen LogP contribution in [0.2, 0.25) is 0 Å². The zero-order valence-electron chi connectivity index (χ0n) is 10.6. The molecule has 0 aromatic heterocycles. The van der Waals surface area contributed by atoms with Gasteiger partial charge < -0.3 is 9.84 Å². The third-order valence-electron chi connectivity index (χ3n) is 2.86. The Labute approximate surface area is 110 Å². The molecule has 0 spiro atoms. The first kappa shape index (κ1) is 13.1. The number of carboxylic acids is 1. The summed E-state index contributed by atoms with van der Waals surface area (Å²) in [5, 5.41) is 10.2. The molecule has 0 atom stereocenters. The second kappa shape index (κ2) is 5.52. The molecule has 0 fully saturated rings. The molecule has 0 saturated heterocycles. The number of Topliss-reactive ketones (excluding diaryl/α,β-unsaturated/α-hetero) is 1. The third-order valence-corrected chi connectivity index (χ3v) is 2.86. The molecule has 0 amide bonds. The Morgan fingerprint density at radius 3 is 2.42 bits per heavy atom. The Morgan fingerprint density at radius 1 is 1.11 bits per heavy atom. The van der Waals surface area contributed by atoms with Gasteiger partial charge in [0.15, 0.2) is 12.4 Å². The molecular formula is C15H14O4. The molecule has 0 aliphatic heterocycles. The second-order valence-corrected chi connectivity index (χ2v) is 4.12. The van der Waals surface area contributed by atoms with Crippen molar-refractivity contribution in [3.05, 3.63) is 42.0 Å². The van der Waals surface area contributed by atoms with Crippen LogP contribution in [0.5, 0.6) is 5.75 Å². The minimum Gasteiger partial charge on any atom is -0.481 e. The van der Waals surface area contributed by atoms with E-state index in [2.05, 4.69) is 0 Å². The number of ketones is 1. The quantitative estimate of drug-likeness (QED) is 0.837. The van der Waals surface area contributed by atoms with Gasteiger partial charge in [0.25, 0.3) is 0 Å². The number of fused-ring (bicyclic) bond motifs is 1. The first-order chi connectivity index (χ1) is 9.13. The monoisotopic (exact) mass is 258 g/mol. The predicted molar refractivity (Wildman–Crippen MR) is 71.7 cm³/mol. The van der Waals surface area contributed by atoms with E-state index in [0.29, 0.717) is 17.7 Å². The minimum absolute atomic E-state index is 0.0565. The molecule has 0 saturated carbocycles. The van der Waals surface area contributed by atoms with Crippen LogP contribution >= 0.6 is 0 Å². The molecule has 0 aliphatic rings. The number of ether oxygens (including phenoxy) is 1. The summed E-state index contributed by atoms with van der Waals surface area (Å²) in [7, 11) is 0. The average molecular weight is 258 g/mol. The highest BCUT2D eigenvalue weighted by atomic mass is 16.5. The fourth-order valence-corrected chi connectivity index (χ4v) is 1.97. The summed E-state index contributed by atoms with van der Waals surface area (Å²) in [5.41, 5.74) is 0.640. The van der Waals surface area contributed by atoms with Crippen LogP contribution in [0.4, 0.5) is 0 Å². The highest BCUT2D eigenvalue weighted by Gasteiger charge is 2.12. The van der Waals surface area contributed by atoms with Gasteiger partial charge in [-0.1, -0.05) is 31.2 Å². The second-order valence-electron chi connectivity index (χ2n) is 4.12. The molecule has 0 radical (unpaired) electrons. The summed E-state index contributed by atoms with van der Waals surface area (Å²) in [6, 6.07) is 10.7. The Balaban J connectivity index is 2.51. The van der Waals surface area contributed by atoms with Crippen molar-refractivity contribution in [1.82, 2.24) is 0 Å². The first-order valence-electron chi connectivity index (χ1n) is 6.03. The molecule has 0 unspecified atom stereocenters. The van der Waals surface area contributed by atoms with Crippen LogP contribution in [0.1, 0.15) is 23.7 Å². The summed E-state index contributed by atoms with van der Waals surface area (Å²) < 4.78 is 5.24. The maximum Gasteiger partial charge on any atom is 0.341 e. The number of hydrogen-bond acceptors (Lipinski definition) is 3. The van der Waals surface area contributed by atoms with Crippen molar-refractivity contribution in [3.8, 4) is 5.75 Å². The van der Waals surface area contributed by atoms with Crippen molar-refractivity contribution < 1.29 is 19.4 Å². The number of benzene rings is 2. The normalized spacial score (nSPS) is 10.4. The van der Waals surface area contributed by atoms with E-state index >= 15 is 0 Å². The van der Waals surface area contributed by atoms with Crippen LogP contribution in [0, 0.1) is 0 Å². The molecule has 98 valence electrons. The number of carbonyl (C=O) groups excluding carboxylic acids is 1. The zero-order valence-corrected chi connectivity index (χ0v) is 10.6. The van der Waals surface area contributed by atoms with Crippen molar-refractivity contribution in [3.63, 3.8) is 0 Å². The molecule has 4 heteroatoms. The Bertz CT molecular complexity index is 631. The number of rotatable bonds is 5. The lowest BCUT2D eigenvalue weighted by atomic mass is 9.99. The molecular weight excluding hydrogens is 244 g/mol. The molecule has 2 aromatic carbocycles. The molecule has 0 heterocycles. The fourth-order valence-electron chi connectivity index (χ4n) is 1.97. The smallest absolute Gasteiger partial charge is 0.341 e. The molecule has 1 N–H and O–H groups in total. The lowest BCUT2D eigenvalue weighted by Gasteiger charge is -2.10. The van der Waals surface area contributed by atoms with Crippen LogP contribution < -0.4 is 4.74 Å². The molecule has 2 aromatic rings. The van der Waals surface area contributed by atoms with Gasteiger partial charge in [-0.15, -0.1) is 0 Å². The van der Waals surface area contributed by atoms with Crippen LogP contribution in [0.3, 0.4) is 0 Å². The van der Waals surface area contributed by atoms with Gasteiger partial charge in [-0.3, -0.25) is 4.79 Å². The SMILES string of the molecule is CCC(=O)c1ccc(OCC(=O)O)c2ccccc12. The van der Waals surface area contributed by atoms with E-state index in [1.807, 2.05) is 31.2 Å². The van der Waals surface area contributed by atoms with Crippen LogP contribution in [-0.2, 0) is 4.79 Å². The molecule has 0 aliphatic carbocycles. The van der Waals surface area contributed by atoms with Gasteiger partial charge in [-0.2, -0.15) is 0 Å². The summed E-state index contributed by atoms with van der Waals surface area (Å²) in [6.07, 6.45) is 0.430. The van der Waals surface area contributed by atoms with E-state index in [1.165, 1.54) is 0 Å². The summed E-state index contributed by atoms with van der Waals surface area (Å²) in [5.74, 6) is -0.496. The van der Waals surface area contributed by atoms with E-state index in [9.17, 15) is 9.59 Å². The van der Waals surface area contributed by atoms with Gasteiger partial charge in [0.05, 0.1) is 0 Å². The number of aliphatic carboxylic acids is 1. The van der Waals surface area contributed by atoms with Gasteiger partial charge in [0.2, 0.25) is 0 Å². The molecule has 19 heavy (non-hydrogen) atoms. The zero-order chi connectivity index (χ0) is 13.8. The molecule has 4 nitrogen and oxygen atoms in total. The van der Waals surface area contributed by atoms with Crippen molar-refractivity contribution >= 4 is 22.5 Å². The lowest BCUT2D eigenvalue weighted by Crippen LogP contribution is -2.10. The predicted octanol–water partition coefficient (Wildman–Crippen LogP) is 2.90. The molecule has 0 bridgehead atoms. The van der Waals surface area contributed by atoms with Crippen LogP contribution in [0.15, 0.2) is 36.4 Å². The van der Waals surface area contributed by atoms with Gasteiger partial charge in [0.1, 0.15) is 5.75 Å². The van der Waals surface area contributed by atoms with Crippen molar-refractivity contribution in [2.24, 2.45) is 0 Å². The highest BCUT2D eigenvalue weighted by Crippen LogP contribution is 2.29. The van der Waals surface area contributed by atoms with Crippen LogP contribution in [0.25, 0.3) is 10.8 Å². The van der Waals surface area contributed by atoms with E-state index in [-0.39, 0.29) is 5.78 Å². The summed E-state index contributed by atoms with van der Waals surface area (Å²) >= 11 is 0. The van der Waals surface area contributed by atoms with Gasteiger partial charge in [-0.05, 0) is 17.5 Å². The first-order valence-corrected chi connectivity index (χ1v) is 6.03. The average Bonchev–Trinajstić information content (AvgIpc) is 2.43. The van der Waals surface area contributed by atoms with Gasteiger partial charge in [-0.25, -0.2) is 4.79 Å². The summed E-state index contributed by atoms with van der Waals surface area (Å²) in [4.78, 5) is 22.4. The maximum atomic E-state index is 11.9. The van der Waals surface area contributed by atoms with E-state index in [0.717, 1.165) is 10.8 Å². The number of carbonyl (C=O) groups is 2. The van der Waals surface area contributed by atoms with Crippen molar-refractivity contribution in [2.75, 3.05) is 6.61 Å². The fraction of sp³-hybridized carbons (Fsp3) is 0.200. The lowest BCUT2D eigenvalue weighted by molar-refractivity contribution is -0.139. The van der Waals surface area contributed by atoms with E-state index in [1.54, 1.807) is 12.1 Å². The Morgan fingerprint density at radius 2 is 1.79 bits per heavy atom. The standard InChI is InChI=1S/C15H14O4/c1-2-13(16)11-7-8-14(19-9-15(17)18)12-6-4-3-5-10(11)12/h3-8H,2,9H2,1H3,(H,17,18). The number of carboxylic acid groups (broad SMARTS) is 1. The minimum atomic E-state index is -1.03. The Hall–Kier alpha value is -2.36. The van der Waals surface area contributed by atoms with Gasteiger partial charge >= 0.3 is 5.97 Å². The van der Waals surface area contributed by atoms with Gasteiger partial charge in [0, 0.05) is 17.4 Å². The topological polar surface area (TPSA) is 63.6 Å². The van der Waals surface area contributed by atoms with Crippen LogP contribution in [-0.4, -0.2) is 23.5 Å². The van der Waals surface area contributed by atoms with Crippen molar-refractivity contribution in [1.29, 1.82) is 0 Å². The highest BCUT2D eigenvalue weighted by molar-refractivity contribution is 6.09. The van der Waals surface area contributed by atoms with E-state index < -0.39 is 12.6 Å². The van der Waals surface area contributed by atoms with E-state index in [4.69, 9.17) is 9.84 Å². The summed E-state index contributed by atoms with van der Waals surface area (Å²) in [6.45, 7) is 1.41. The molecule has 2 rings (SSSR count). The maximum absolute atomic E-state index is 11.9. The Kier molecular flexibility index (Phi) is 3.80. The number of hydrogen-bond donors (Lipinski definition) is 1.